The Bertz CT molecular complexity index is 1400. The van der Waals surface area contributed by atoms with Crippen molar-refractivity contribution in [3.63, 3.8) is 0 Å². The largest absolute Gasteiger partial charge is 0.455 e. The number of non-ortho nitro benzene ring substituents is 1. The van der Waals surface area contributed by atoms with Gasteiger partial charge in [-0.2, -0.15) is 5.10 Å². The molecule has 1 heterocycles. The number of fused-ring (bicyclic) bond motifs is 1. The molecule has 0 bridgehead atoms. The van der Waals surface area contributed by atoms with E-state index in [1.807, 2.05) is 0 Å². The van der Waals surface area contributed by atoms with Crippen LogP contribution in [-0.4, -0.2) is 28.4 Å². The fourth-order valence-corrected chi connectivity index (χ4v) is 4.05. The number of carbonyl (C=O) groups is 3. The van der Waals surface area contributed by atoms with Crippen molar-refractivity contribution in [2.75, 3.05) is 0 Å². The molecule has 0 atom stereocenters. The van der Waals surface area contributed by atoms with Gasteiger partial charge in [0, 0.05) is 45.3 Å². The molecule has 3 N–H and O–H groups in total. The lowest BCUT2D eigenvalue weighted by molar-refractivity contribution is -0.384. The number of rotatable bonds is 5. The van der Waals surface area contributed by atoms with Crippen molar-refractivity contribution in [3.05, 3.63) is 96.9 Å². The molecule has 0 radical (unpaired) electrons. The Hall–Kier alpha value is -4.32. The smallest absolute Gasteiger partial charge is 0.305 e. The zero-order valence-electron chi connectivity index (χ0n) is 19.0. The molecular weight excluding hydrogens is 534 g/mol. The number of hydrazine groups is 1. The number of hydrogen-bond acceptors (Lipinski definition) is 7. The first kappa shape index (κ1) is 24.8. The highest BCUT2D eigenvalue weighted by molar-refractivity contribution is 9.10. The predicted molar refractivity (Wildman–Crippen MR) is 133 cm³/mol. The van der Waals surface area contributed by atoms with Gasteiger partial charge >= 0.3 is 5.91 Å². The van der Waals surface area contributed by atoms with Crippen LogP contribution in [0.3, 0.4) is 0 Å². The maximum atomic E-state index is 12.7. The number of aryl methyl sites for hydroxylation is 1. The molecule has 184 valence electrons. The third-order valence-corrected chi connectivity index (χ3v) is 6.07. The average molecular weight is 554 g/mol. The molecule has 0 saturated heterocycles. The summed E-state index contributed by atoms with van der Waals surface area (Å²) in [5.41, 5.74) is 9.05. The van der Waals surface area contributed by atoms with Crippen LogP contribution in [0.15, 0.2) is 62.5 Å². The van der Waals surface area contributed by atoms with Crippen molar-refractivity contribution in [1.29, 1.82) is 0 Å². The molecule has 36 heavy (non-hydrogen) atoms. The molecule has 1 aliphatic rings. The standard InChI is InChI=1S/C24H20BrN5O6/c1-13-20-18(26-27-23(32)15-4-2-5-17(12-15)30(34)35)6-3-7-19(20)36-21(13)24(33)29-28-22(31)14-8-10-16(25)11-9-14/h2,4-5,8-12H,3,6-7H2,1H3,(H,27,32)(H,28,31)(H,29,33)/b26-18+. The molecule has 0 unspecified atom stereocenters. The fourth-order valence-electron chi connectivity index (χ4n) is 3.78. The van der Waals surface area contributed by atoms with Crippen LogP contribution >= 0.6 is 15.9 Å². The first-order valence-electron chi connectivity index (χ1n) is 10.8. The van der Waals surface area contributed by atoms with E-state index in [2.05, 4.69) is 37.3 Å². The van der Waals surface area contributed by atoms with Gasteiger partial charge in [-0.05, 0) is 50.1 Å². The normalized spacial score (nSPS) is 13.6. The predicted octanol–water partition coefficient (Wildman–Crippen LogP) is 3.80. The Morgan fingerprint density at radius 1 is 1.00 bits per heavy atom. The van der Waals surface area contributed by atoms with Gasteiger partial charge < -0.3 is 4.42 Å². The van der Waals surface area contributed by atoms with Gasteiger partial charge in [0.2, 0.25) is 0 Å². The second kappa shape index (κ2) is 10.5. The van der Waals surface area contributed by atoms with Crippen molar-refractivity contribution in [2.24, 2.45) is 5.10 Å². The summed E-state index contributed by atoms with van der Waals surface area (Å²) in [6.07, 6.45) is 1.79. The SMILES string of the molecule is Cc1c(C(=O)NNC(=O)c2ccc(Br)cc2)oc2c1/C(=N/NC(=O)c1cccc([N+](=O)[O-])c1)CCC2. The minimum absolute atomic E-state index is 0.0238. The van der Waals surface area contributed by atoms with Gasteiger partial charge in [0.05, 0.1) is 10.6 Å². The number of nitro groups is 1. The number of carbonyl (C=O) groups excluding carboxylic acids is 3. The van der Waals surface area contributed by atoms with Crippen LogP contribution in [0, 0.1) is 17.0 Å². The lowest BCUT2D eigenvalue weighted by Crippen LogP contribution is -2.41. The number of amides is 3. The zero-order chi connectivity index (χ0) is 25.8. The number of furan rings is 1. The van der Waals surface area contributed by atoms with Gasteiger partial charge in [-0.1, -0.05) is 22.0 Å². The maximum absolute atomic E-state index is 12.7. The first-order valence-corrected chi connectivity index (χ1v) is 11.6. The van der Waals surface area contributed by atoms with Crippen LogP contribution in [0.5, 0.6) is 0 Å². The van der Waals surface area contributed by atoms with Crippen LogP contribution in [0.4, 0.5) is 5.69 Å². The van der Waals surface area contributed by atoms with Crippen LogP contribution in [0.2, 0.25) is 0 Å². The summed E-state index contributed by atoms with van der Waals surface area (Å²) in [5.74, 6) is -1.15. The Kier molecular flexibility index (Phi) is 7.25. The molecule has 0 spiro atoms. The second-order valence-corrected chi connectivity index (χ2v) is 8.85. The van der Waals surface area contributed by atoms with Crippen LogP contribution in [0.1, 0.15) is 61.0 Å². The summed E-state index contributed by atoms with van der Waals surface area (Å²) in [4.78, 5) is 47.9. The molecule has 11 nitrogen and oxygen atoms in total. The van der Waals surface area contributed by atoms with Gasteiger partial charge in [0.25, 0.3) is 17.5 Å². The van der Waals surface area contributed by atoms with E-state index >= 15 is 0 Å². The van der Waals surface area contributed by atoms with E-state index in [1.165, 1.54) is 18.2 Å². The molecule has 3 aromatic rings. The average Bonchev–Trinajstić information content (AvgIpc) is 3.23. The fraction of sp³-hybridized carbons (Fsp3) is 0.167. The van der Waals surface area contributed by atoms with Gasteiger partial charge in [0.15, 0.2) is 5.76 Å². The van der Waals surface area contributed by atoms with E-state index in [0.29, 0.717) is 47.4 Å². The number of halogens is 1. The molecule has 1 aromatic heterocycles. The number of nitro benzene ring substituents is 1. The topological polar surface area (TPSA) is 156 Å². The quantitative estimate of drug-likeness (QED) is 0.322. The van der Waals surface area contributed by atoms with E-state index in [9.17, 15) is 24.5 Å². The van der Waals surface area contributed by atoms with Crippen LogP contribution in [0.25, 0.3) is 0 Å². The summed E-state index contributed by atoms with van der Waals surface area (Å²) in [6, 6.07) is 11.9. The molecule has 0 aliphatic heterocycles. The summed E-state index contributed by atoms with van der Waals surface area (Å²) >= 11 is 3.30. The Morgan fingerprint density at radius 2 is 1.72 bits per heavy atom. The highest BCUT2D eigenvalue weighted by Gasteiger charge is 2.28. The number of benzene rings is 2. The zero-order valence-corrected chi connectivity index (χ0v) is 20.5. The summed E-state index contributed by atoms with van der Waals surface area (Å²) in [7, 11) is 0. The monoisotopic (exact) mass is 553 g/mol. The first-order chi connectivity index (χ1) is 17.2. The minimum atomic E-state index is -0.632. The van der Waals surface area contributed by atoms with Gasteiger partial charge in [0.1, 0.15) is 5.76 Å². The van der Waals surface area contributed by atoms with Crippen molar-refractivity contribution in [2.45, 2.75) is 26.2 Å². The third kappa shape index (κ3) is 5.33. The minimum Gasteiger partial charge on any atom is -0.455 e. The lowest BCUT2D eigenvalue weighted by atomic mass is 9.93. The molecule has 4 rings (SSSR count). The summed E-state index contributed by atoms with van der Waals surface area (Å²) in [6.45, 7) is 1.69. The second-order valence-electron chi connectivity index (χ2n) is 7.93. The number of nitrogens with zero attached hydrogens (tertiary/aromatic N) is 2. The number of hydrogen-bond donors (Lipinski definition) is 3. The van der Waals surface area contributed by atoms with E-state index in [1.54, 1.807) is 31.2 Å². The summed E-state index contributed by atoms with van der Waals surface area (Å²) in [5, 5.41) is 15.2. The van der Waals surface area contributed by atoms with Crippen LogP contribution < -0.4 is 16.3 Å². The lowest BCUT2D eigenvalue weighted by Gasteiger charge is -2.13. The highest BCUT2D eigenvalue weighted by Crippen LogP contribution is 2.30. The van der Waals surface area contributed by atoms with Gasteiger partial charge in [-0.3, -0.25) is 35.3 Å². The van der Waals surface area contributed by atoms with E-state index in [-0.39, 0.29) is 17.0 Å². The molecule has 12 heteroatoms. The van der Waals surface area contributed by atoms with E-state index in [4.69, 9.17) is 4.42 Å². The van der Waals surface area contributed by atoms with Crippen LogP contribution in [-0.2, 0) is 6.42 Å². The molecule has 0 saturated carbocycles. The Morgan fingerprint density at radius 3 is 2.44 bits per heavy atom. The van der Waals surface area contributed by atoms with Crippen molar-refractivity contribution in [1.82, 2.24) is 16.3 Å². The number of nitrogens with one attached hydrogen (secondary N) is 3. The van der Waals surface area contributed by atoms with Crippen molar-refractivity contribution in [3.8, 4) is 0 Å². The maximum Gasteiger partial charge on any atom is 0.305 e. The molecular formula is C24H20BrN5O6. The molecule has 3 amide bonds. The van der Waals surface area contributed by atoms with Gasteiger partial charge in [-0.25, -0.2) is 5.43 Å². The van der Waals surface area contributed by atoms with E-state index in [0.717, 1.165) is 10.5 Å². The Labute approximate surface area is 213 Å². The van der Waals surface area contributed by atoms with Crippen molar-refractivity contribution < 1.29 is 23.7 Å². The molecule has 2 aromatic carbocycles. The summed E-state index contributed by atoms with van der Waals surface area (Å²) < 4.78 is 6.60. The van der Waals surface area contributed by atoms with E-state index < -0.39 is 22.6 Å². The molecule has 1 aliphatic carbocycles. The molecule has 0 fully saturated rings. The Balaban J connectivity index is 1.48. The van der Waals surface area contributed by atoms with Gasteiger partial charge in [-0.15, -0.1) is 0 Å². The van der Waals surface area contributed by atoms with Crippen molar-refractivity contribution >= 4 is 45.1 Å². The highest BCUT2D eigenvalue weighted by atomic mass is 79.9. The number of hydrazone groups is 1. The third-order valence-electron chi connectivity index (χ3n) is 5.54.